The molecule has 28 heavy (non-hydrogen) atoms. The van der Waals surface area contributed by atoms with Gasteiger partial charge in [-0.15, -0.1) is 5.10 Å². The van der Waals surface area contributed by atoms with Crippen molar-refractivity contribution in [2.45, 2.75) is 18.9 Å². The Morgan fingerprint density at radius 3 is 2.82 bits per heavy atom. The molecule has 1 aromatic carbocycles. The van der Waals surface area contributed by atoms with Crippen LogP contribution >= 0.6 is 11.6 Å². The van der Waals surface area contributed by atoms with E-state index in [0.717, 1.165) is 0 Å². The number of aliphatic hydroxyl groups excluding tert-OH is 1. The number of benzene rings is 1. The Morgan fingerprint density at radius 2 is 2.07 bits per heavy atom. The fourth-order valence-electron chi connectivity index (χ4n) is 2.72. The first-order valence-electron chi connectivity index (χ1n) is 8.28. The first-order chi connectivity index (χ1) is 13.6. The lowest BCUT2D eigenvalue weighted by Gasteiger charge is -2.08. The maximum atomic E-state index is 12.2. The lowest BCUT2D eigenvalue weighted by Crippen LogP contribution is -2.16. The van der Waals surface area contributed by atoms with Crippen molar-refractivity contribution in [1.82, 2.24) is 35.7 Å². The van der Waals surface area contributed by atoms with Gasteiger partial charge < -0.3 is 9.63 Å². The van der Waals surface area contributed by atoms with Crippen LogP contribution in [0.3, 0.4) is 0 Å². The molecule has 1 atom stereocenters. The van der Waals surface area contributed by atoms with E-state index < -0.39 is 6.10 Å². The average Bonchev–Trinajstić information content (AvgIpc) is 3.36. The standard InChI is InChI=1S/C17H14ClN7O3/c18-10-3-1-9(2-4-10)14(26)6-15-21-16(28-24-15)5-11-12(7-19-23-17(11)27)13-8-20-25-22-13/h1-4,7-8,14,26H,5-6H2,(H,23,27)(H,20,22,25)/t14-/m0/s1. The average molecular weight is 400 g/mol. The van der Waals surface area contributed by atoms with Crippen LogP contribution in [0.2, 0.25) is 5.02 Å². The third kappa shape index (κ3) is 3.82. The van der Waals surface area contributed by atoms with Gasteiger partial charge in [-0.25, -0.2) is 5.10 Å². The van der Waals surface area contributed by atoms with Gasteiger partial charge in [-0.05, 0) is 17.7 Å². The molecule has 0 aliphatic heterocycles. The van der Waals surface area contributed by atoms with Crippen LogP contribution in [0.1, 0.15) is 28.9 Å². The third-order valence-corrected chi connectivity index (χ3v) is 4.37. The van der Waals surface area contributed by atoms with Crippen LogP contribution in [0.25, 0.3) is 11.3 Å². The van der Waals surface area contributed by atoms with Crippen LogP contribution in [-0.2, 0) is 12.8 Å². The number of H-pyrrole nitrogens is 2. The van der Waals surface area contributed by atoms with Crippen molar-refractivity contribution in [3.8, 4) is 11.3 Å². The minimum atomic E-state index is -0.808. The van der Waals surface area contributed by atoms with Gasteiger partial charge in [-0.3, -0.25) is 9.89 Å². The van der Waals surface area contributed by atoms with Crippen LogP contribution in [-0.4, -0.2) is 40.9 Å². The molecule has 3 heterocycles. The molecule has 3 aromatic heterocycles. The summed E-state index contributed by atoms with van der Waals surface area (Å²) in [6.45, 7) is 0. The van der Waals surface area contributed by atoms with Crippen molar-refractivity contribution in [2.75, 3.05) is 0 Å². The SMILES string of the molecule is O=c1[nH]ncc(-c2c[nH]nn2)c1Cc1nc(C[C@H](O)c2ccc(Cl)cc2)no1. The molecular weight excluding hydrogens is 386 g/mol. The number of aromatic nitrogens is 7. The Morgan fingerprint density at radius 1 is 1.25 bits per heavy atom. The maximum absolute atomic E-state index is 12.2. The van der Waals surface area contributed by atoms with E-state index in [2.05, 4.69) is 35.7 Å². The van der Waals surface area contributed by atoms with E-state index in [1.165, 1.54) is 6.20 Å². The molecule has 0 unspecified atom stereocenters. The molecule has 0 radical (unpaired) electrons. The molecule has 0 spiro atoms. The van der Waals surface area contributed by atoms with E-state index >= 15 is 0 Å². The lowest BCUT2D eigenvalue weighted by atomic mass is 10.1. The van der Waals surface area contributed by atoms with Crippen molar-refractivity contribution in [3.63, 3.8) is 0 Å². The molecule has 0 aliphatic rings. The molecule has 11 heteroatoms. The van der Waals surface area contributed by atoms with Gasteiger partial charge in [0.2, 0.25) is 5.89 Å². The van der Waals surface area contributed by atoms with Gasteiger partial charge in [0, 0.05) is 22.6 Å². The summed E-state index contributed by atoms with van der Waals surface area (Å²) in [5.41, 5.74) is 1.67. The first-order valence-corrected chi connectivity index (χ1v) is 8.66. The Hall–Kier alpha value is -3.37. The minimum absolute atomic E-state index is 0.0874. The van der Waals surface area contributed by atoms with E-state index in [-0.39, 0.29) is 24.3 Å². The first kappa shape index (κ1) is 18.0. The molecule has 142 valence electrons. The van der Waals surface area contributed by atoms with Gasteiger partial charge >= 0.3 is 0 Å². The summed E-state index contributed by atoms with van der Waals surface area (Å²) in [6.07, 6.45) is 2.48. The molecule has 3 N–H and O–H groups in total. The predicted molar refractivity (Wildman–Crippen MR) is 97.5 cm³/mol. The summed E-state index contributed by atoms with van der Waals surface area (Å²) in [7, 11) is 0. The second-order valence-corrected chi connectivity index (χ2v) is 6.44. The number of hydrogen-bond acceptors (Lipinski definition) is 8. The monoisotopic (exact) mass is 399 g/mol. The molecule has 0 saturated carbocycles. The molecule has 0 amide bonds. The van der Waals surface area contributed by atoms with E-state index in [4.69, 9.17) is 16.1 Å². The van der Waals surface area contributed by atoms with Crippen LogP contribution in [0.15, 0.2) is 46.0 Å². The fraction of sp³-hybridized carbons (Fsp3) is 0.176. The van der Waals surface area contributed by atoms with Crippen molar-refractivity contribution < 1.29 is 9.63 Å². The largest absolute Gasteiger partial charge is 0.388 e. The molecule has 4 rings (SSSR count). The summed E-state index contributed by atoms with van der Waals surface area (Å²) >= 11 is 5.86. The number of rotatable bonds is 6. The molecular formula is C17H14ClN7O3. The minimum Gasteiger partial charge on any atom is -0.388 e. The zero-order valence-electron chi connectivity index (χ0n) is 14.3. The van der Waals surface area contributed by atoms with Gasteiger partial charge in [0.1, 0.15) is 5.69 Å². The van der Waals surface area contributed by atoms with E-state index in [0.29, 0.717) is 33.2 Å². The topological polar surface area (TPSA) is 146 Å². The number of halogens is 1. The quantitative estimate of drug-likeness (QED) is 0.441. The smallest absolute Gasteiger partial charge is 0.268 e. The molecule has 0 bridgehead atoms. The van der Waals surface area contributed by atoms with Gasteiger partial charge in [0.05, 0.1) is 24.9 Å². The van der Waals surface area contributed by atoms with Crippen LogP contribution < -0.4 is 5.56 Å². The van der Waals surface area contributed by atoms with Gasteiger partial charge in [-0.1, -0.05) is 34.1 Å². The number of aromatic amines is 2. The number of hydrogen-bond donors (Lipinski definition) is 3. The Balaban J connectivity index is 1.53. The molecule has 4 aromatic rings. The summed E-state index contributed by atoms with van der Waals surface area (Å²) in [4.78, 5) is 16.5. The summed E-state index contributed by atoms with van der Waals surface area (Å²) in [6, 6.07) is 6.86. The van der Waals surface area contributed by atoms with Crippen LogP contribution in [0.5, 0.6) is 0 Å². The number of nitrogens with zero attached hydrogens (tertiary/aromatic N) is 5. The lowest BCUT2D eigenvalue weighted by molar-refractivity contribution is 0.174. The van der Waals surface area contributed by atoms with E-state index in [1.807, 2.05) is 0 Å². The highest BCUT2D eigenvalue weighted by Gasteiger charge is 2.18. The molecule has 0 aliphatic carbocycles. The van der Waals surface area contributed by atoms with Crippen molar-refractivity contribution in [2.24, 2.45) is 0 Å². The highest BCUT2D eigenvalue weighted by atomic mass is 35.5. The van der Waals surface area contributed by atoms with Gasteiger partial charge in [-0.2, -0.15) is 10.1 Å². The summed E-state index contributed by atoms with van der Waals surface area (Å²) in [5, 5.41) is 31.1. The summed E-state index contributed by atoms with van der Waals surface area (Å²) in [5.74, 6) is 0.561. The predicted octanol–water partition coefficient (Wildman–Crippen LogP) is 1.46. The highest BCUT2D eigenvalue weighted by Crippen LogP contribution is 2.21. The summed E-state index contributed by atoms with van der Waals surface area (Å²) < 4.78 is 5.24. The molecule has 0 saturated heterocycles. The van der Waals surface area contributed by atoms with Crippen LogP contribution in [0.4, 0.5) is 0 Å². The second-order valence-electron chi connectivity index (χ2n) is 6.00. The van der Waals surface area contributed by atoms with Crippen LogP contribution in [0, 0.1) is 0 Å². The van der Waals surface area contributed by atoms with Crippen molar-refractivity contribution in [1.29, 1.82) is 0 Å². The van der Waals surface area contributed by atoms with Gasteiger partial charge in [0.15, 0.2) is 5.82 Å². The fourth-order valence-corrected chi connectivity index (χ4v) is 2.85. The molecule has 10 nitrogen and oxygen atoms in total. The van der Waals surface area contributed by atoms with Crippen molar-refractivity contribution in [3.05, 3.63) is 74.9 Å². The Kier molecular flexibility index (Phi) is 4.96. The second kappa shape index (κ2) is 7.71. The normalized spacial score (nSPS) is 12.2. The Labute approximate surface area is 162 Å². The van der Waals surface area contributed by atoms with Crippen molar-refractivity contribution >= 4 is 11.6 Å². The van der Waals surface area contributed by atoms with Gasteiger partial charge in [0.25, 0.3) is 5.56 Å². The third-order valence-electron chi connectivity index (χ3n) is 4.12. The molecule has 0 fully saturated rings. The maximum Gasteiger partial charge on any atom is 0.268 e. The number of aliphatic hydroxyl groups is 1. The zero-order valence-corrected chi connectivity index (χ0v) is 15.1. The van der Waals surface area contributed by atoms with E-state index in [9.17, 15) is 9.90 Å². The van der Waals surface area contributed by atoms with E-state index in [1.54, 1.807) is 30.5 Å². The Bertz CT molecular complexity index is 1120. The number of nitrogens with one attached hydrogen (secondary N) is 2. The highest BCUT2D eigenvalue weighted by molar-refractivity contribution is 6.30. The zero-order chi connectivity index (χ0) is 19.5.